The van der Waals surface area contributed by atoms with Crippen LogP contribution in [0.4, 0.5) is 0 Å². The second-order valence-corrected chi connectivity index (χ2v) is 5.32. The van der Waals surface area contributed by atoms with Gasteiger partial charge in [-0.15, -0.1) is 0 Å². The van der Waals surface area contributed by atoms with E-state index in [4.69, 9.17) is 0 Å². The molecule has 1 aliphatic rings. The summed E-state index contributed by atoms with van der Waals surface area (Å²) in [4.78, 5) is 4.33. The molecule has 2 rings (SSSR count). The molecule has 1 heterocycles. The minimum atomic E-state index is 0.366. The van der Waals surface area contributed by atoms with Gasteiger partial charge in [-0.25, -0.2) is 4.98 Å². The van der Waals surface area contributed by atoms with Crippen LogP contribution in [-0.2, 0) is 0 Å². The molecule has 4 nitrogen and oxygen atoms in total. The zero-order valence-electron chi connectivity index (χ0n) is 10.9. The zero-order chi connectivity index (χ0) is 12.1. The van der Waals surface area contributed by atoms with Crippen LogP contribution in [0.25, 0.3) is 0 Å². The molecule has 96 valence electrons. The highest BCUT2D eigenvalue weighted by Gasteiger charge is 2.28. The molecule has 1 saturated carbocycles. The van der Waals surface area contributed by atoms with Crippen molar-refractivity contribution in [3.05, 3.63) is 12.2 Å². The van der Waals surface area contributed by atoms with Crippen molar-refractivity contribution >= 4 is 0 Å². The van der Waals surface area contributed by atoms with Crippen LogP contribution in [0.1, 0.15) is 57.8 Å². The fourth-order valence-electron chi connectivity index (χ4n) is 2.77. The Kier molecular flexibility index (Phi) is 4.54. The smallest absolute Gasteiger partial charge is 0.141 e. The maximum atomic E-state index is 4.33. The van der Waals surface area contributed by atoms with Crippen LogP contribution in [-0.4, -0.2) is 21.7 Å². The molecule has 1 unspecified atom stereocenters. The Balaban J connectivity index is 2.00. The van der Waals surface area contributed by atoms with Gasteiger partial charge >= 0.3 is 0 Å². The van der Waals surface area contributed by atoms with Crippen LogP contribution in [0.2, 0.25) is 0 Å². The van der Waals surface area contributed by atoms with Crippen molar-refractivity contribution < 1.29 is 0 Å². The summed E-state index contributed by atoms with van der Waals surface area (Å²) in [6.07, 6.45) is 8.09. The van der Waals surface area contributed by atoms with E-state index in [0.29, 0.717) is 12.0 Å². The number of aromatic nitrogens is 3. The topological polar surface area (TPSA) is 53.6 Å². The van der Waals surface area contributed by atoms with E-state index in [0.717, 1.165) is 24.7 Å². The Morgan fingerprint density at radius 2 is 2.18 bits per heavy atom. The first-order valence-electron chi connectivity index (χ1n) is 6.90. The molecule has 0 spiro atoms. The number of nitrogens with zero attached hydrogens (tertiary/aromatic N) is 2. The molecule has 0 amide bonds. The van der Waals surface area contributed by atoms with E-state index in [1.165, 1.54) is 25.7 Å². The van der Waals surface area contributed by atoms with Gasteiger partial charge < -0.3 is 5.32 Å². The molecular weight excluding hydrogens is 212 g/mol. The molecule has 1 aromatic heterocycles. The van der Waals surface area contributed by atoms with E-state index in [9.17, 15) is 0 Å². The molecule has 2 N–H and O–H groups in total. The van der Waals surface area contributed by atoms with Crippen molar-refractivity contribution in [2.45, 2.75) is 52.0 Å². The number of H-pyrrole nitrogens is 1. The lowest BCUT2D eigenvalue weighted by molar-refractivity contribution is 0.226. The van der Waals surface area contributed by atoms with Gasteiger partial charge in [-0.05, 0) is 37.6 Å². The fourth-order valence-corrected chi connectivity index (χ4v) is 2.77. The predicted molar refractivity (Wildman–Crippen MR) is 68.5 cm³/mol. The van der Waals surface area contributed by atoms with Crippen LogP contribution in [0.15, 0.2) is 6.33 Å². The van der Waals surface area contributed by atoms with Crippen molar-refractivity contribution in [2.75, 3.05) is 6.54 Å². The summed E-state index contributed by atoms with van der Waals surface area (Å²) in [5.74, 6) is 2.62. The van der Waals surface area contributed by atoms with Gasteiger partial charge in [-0.3, -0.25) is 5.10 Å². The largest absolute Gasteiger partial charge is 0.307 e. The first kappa shape index (κ1) is 12.6. The van der Waals surface area contributed by atoms with Gasteiger partial charge in [-0.1, -0.05) is 26.7 Å². The van der Waals surface area contributed by atoms with E-state index in [-0.39, 0.29) is 0 Å². The number of rotatable bonds is 5. The van der Waals surface area contributed by atoms with Gasteiger partial charge in [0.2, 0.25) is 0 Å². The Hall–Kier alpha value is -0.900. The molecule has 0 aliphatic heterocycles. The molecule has 0 bridgehead atoms. The molecule has 0 aromatic carbocycles. The third-order valence-electron chi connectivity index (χ3n) is 3.87. The Bertz CT molecular complexity index is 301. The zero-order valence-corrected chi connectivity index (χ0v) is 10.9. The Morgan fingerprint density at radius 3 is 2.76 bits per heavy atom. The summed E-state index contributed by atoms with van der Waals surface area (Å²) in [7, 11) is 0. The maximum Gasteiger partial charge on any atom is 0.141 e. The predicted octanol–water partition coefficient (Wildman–Crippen LogP) is 2.67. The lowest BCUT2D eigenvalue weighted by Gasteiger charge is -2.32. The molecule has 17 heavy (non-hydrogen) atoms. The molecule has 4 heteroatoms. The van der Waals surface area contributed by atoms with Gasteiger partial charge in [0.15, 0.2) is 0 Å². The Labute approximate surface area is 104 Å². The minimum Gasteiger partial charge on any atom is -0.307 e. The normalized spacial score (nSPS) is 26.9. The van der Waals surface area contributed by atoms with Crippen molar-refractivity contribution in [1.29, 1.82) is 0 Å². The average molecular weight is 236 g/mol. The lowest BCUT2D eigenvalue weighted by atomic mass is 9.79. The summed E-state index contributed by atoms with van der Waals surface area (Å²) in [6.45, 7) is 5.62. The summed E-state index contributed by atoms with van der Waals surface area (Å²) < 4.78 is 0. The van der Waals surface area contributed by atoms with Gasteiger partial charge in [-0.2, -0.15) is 5.10 Å². The standard InChI is InChI=1S/C13H24N4/c1-3-8-14-12(13-15-9-16-17-13)11-6-4-10(2)5-7-11/h9-12,14H,3-8H2,1-2H3,(H,15,16,17). The second kappa shape index (κ2) is 6.15. The SMILES string of the molecule is CCCNC(c1ncn[nH]1)C1CCC(C)CC1. The third-order valence-corrected chi connectivity index (χ3v) is 3.87. The number of aromatic amines is 1. The number of hydrogen-bond acceptors (Lipinski definition) is 3. The first-order chi connectivity index (χ1) is 8.31. The van der Waals surface area contributed by atoms with Crippen molar-refractivity contribution in [2.24, 2.45) is 11.8 Å². The molecule has 0 radical (unpaired) electrons. The summed E-state index contributed by atoms with van der Waals surface area (Å²) in [6, 6.07) is 0.366. The molecule has 1 aliphatic carbocycles. The molecule has 1 aromatic rings. The van der Waals surface area contributed by atoms with Crippen LogP contribution < -0.4 is 5.32 Å². The van der Waals surface area contributed by atoms with Gasteiger partial charge in [0, 0.05) is 0 Å². The van der Waals surface area contributed by atoms with E-state index in [1.54, 1.807) is 6.33 Å². The van der Waals surface area contributed by atoms with Crippen LogP contribution in [0.5, 0.6) is 0 Å². The third kappa shape index (κ3) is 3.28. The van der Waals surface area contributed by atoms with E-state index >= 15 is 0 Å². The quantitative estimate of drug-likeness (QED) is 0.826. The average Bonchev–Trinajstić information content (AvgIpc) is 2.85. The van der Waals surface area contributed by atoms with Crippen LogP contribution >= 0.6 is 0 Å². The summed E-state index contributed by atoms with van der Waals surface area (Å²) in [5, 5.41) is 10.6. The van der Waals surface area contributed by atoms with Gasteiger partial charge in [0.1, 0.15) is 12.2 Å². The Morgan fingerprint density at radius 1 is 1.41 bits per heavy atom. The van der Waals surface area contributed by atoms with E-state index in [2.05, 4.69) is 34.3 Å². The van der Waals surface area contributed by atoms with Crippen LogP contribution in [0, 0.1) is 11.8 Å². The molecule has 1 fully saturated rings. The fraction of sp³-hybridized carbons (Fsp3) is 0.846. The summed E-state index contributed by atoms with van der Waals surface area (Å²) >= 11 is 0. The maximum absolute atomic E-state index is 4.33. The molecular formula is C13H24N4. The van der Waals surface area contributed by atoms with E-state index in [1.807, 2.05) is 0 Å². The minimum absolute atomic E-state index is 0.366. The monoisotopic (exact) mass is 236 g/mol. The molecule has 0 saturated heterocycles. The van der Waals surface area contributed by atoms with Gasteiger partial charge in [0.05, 0.1) is 6.04 Å². The van der Waals surface area contributed by atoms with E-state index < -0.39 is 0 Å². The highest BCUT2D eigenvalue weighted by Crippen LogP contribution is 2.35. The van der Waals surface area contributed by atoms with Crippen molar-refractivity contribution in [3.8, 4) is 0 Å². The highest BCUT2D eigenvalue weighted by molar-refractivity contribution is 4.96. The number of hydrogen-bond donors (Lipinski definition) is 2. The second-order valence-electron chi connectivity index (χ2n) is 5.32. The van der Waals surface area contributed by atoms with Crippen molar-refractivity contribution in [1.82, 2.24) is 20.5 Å². The highest BCUT2D eigenvalue weighted by atomic mass is 15.2. The molecule has 1 atom stereocenters. The first-order valence-corrected chi connectivity index (χ1v) is 6.90. The number of nitrogens with one attached hydrogen (secondary N) is 2. The van der Waals surface area contributed by atoms with Gasteiger partial charge in [0.25, 0.3) is 0 Å². The summed E-state index contributed by atoms with van der Waals surface area (Å²) in [5.41, 5.74) is 0. The van der Waals surface area contributed by atoms with Crippen molar-refractivity contribution in [3.63, 3.8) is 0 Å². The lowest BCUT2D eigenvalue weighted by Crippen LogP contribution is -2.32. The van der Waals surface area contributed by atoms with Crippen LogP contribution in [0.3, 0.4) is 0 Å².